The molecule has 8 heteroatoms. The average molecular weight is 328 g/mol. The maximum Gasteiger partial charge on any atom is 0.416 e. The fourth-order valence-corrected chi connectivity index (χ4v) is 1.84. The van der Waals surface area contributed by atoms with Crippen molar-refractivity contribution in [1.29, 1.82) is 0 Å². The number of benzene rings is 1. The van der Waals surface area contributed by atoms with Crippen LogP contribution in [-0.4, -0.2) is 19.4 Å². The van der Waals surface area contributed by atoms with Crippen molar-refractivity contribution in [1.82, 2.24) is 0 Å². The van der Waals surface area contributed by atoms with Crippen LogP contribution in [0.15, 0.2) is 22.6 Å². The maximum atomic E-state index is 12.6. The number of alkyl halides is 3. The Balaban J connectivity index is 3.23. The quantitative estimate of drug-likeness (QED) is 0.773. The summed E-state index contributed by atoms with van der Waals surface area (Å²) in [6.07, 6.45) is -3.70. The Morgan fingerprint density at radius 3 is 2.20 bits per heavy atom. The minimum atomic E-state index is -4.53. The predicted molar refractivity (Wildman–Crippen MR) is 72.7 cm³/mol. The molecule has 0 N–H and O–H groups in total. The van der Waals surface area contributed by atoms with Gasteiger partial charge in [0.05, 0.1) is 10.3 Å². The van der Waals surface area contributed by atoms with E-state index in [9.17, 15) is 21.6 Å². The van der Waals surface area contributed by atoms with Crippen molar-refractivity contribution in [2.75, 3.05) is 0 Å². The third kappa shape index (κ3) is 3.96. The second-order valence-corrected chi connectivity index (χ2v) is 7.85. The Labute approximate surface area is 120 Å². The first-order valence-electron chi connectivity index (χ1n) is 5.51. The highest BCUT2D eigenvalue weighted by Crippen LogP contribution is 2.31. The summed E-state index contributed by atoms with van der Waals surface area (Å²) in [6, 6.07) is 2.62. The lowest BCUT2D eigenvalue weighted by Crippen LogP contribution is -2.25. The van der Waals surface area contributed by atoms with Gasteiger partial charge in [-0.15, -0.1) is 0 Å². The van der Waals surface area contributed by atoms with Gasteiger partial charge in [0.15, 0.2) is 0 Å². The van der Waals surface area contributed by atoms with Crippen LogP contribution in [0, 0.1) is 0 Å². The number of hydrogen-bond donors (Lipinski definition) is 0. The molecule has 0 aromatic heterocycles. The van der Waals surface area contributed by atoms with Gasteiger partial charge in [0.2, 0.25) is 0 Å². The van der Waals surface area contributed by atoms with Gasteiger partial charge in [0.25, 0.3) is 10.0 Å². The Morgan fingerprint density at radius 2 is 1.75 bits per heavy atom. The van der Waals surface area contributed by atoms with E-state index in [1.165, 1.54) is 20.8 Å². The summed E-state index contributed by atoms with van der Waals surface area (Å²) in [5.74, 6) is 0. The van der Waals surface area contributed by atoms with Crippen LogP contribution in [-0.2, 0) is 16.2 Å². The van der Waals surface area contributed by atoms with Crippen LogP contribution < -0.4 is 0 Å². The maximum absolute atomic E-state index is 12.6. The molecule has 1 aromatic rings. The van der Waals surface area contributed by atoms with Crippen molar-refractivity contribution in [3.8, 4) is 0 Å². The Hall–Kier alpha value is -1.08. The molecule has 0 saturated carbocycles. The summed E-state index contributed by atoms with van der Waals surface area (Å²) in [5, 5.41) is -0.00846. The lowest BCUT2D eigenvalue weighted by atomic mass is 10.1. The van der Waals surface area contributed by atoms with E-state index in [1.807, 2.05) is 0 Å². The number of halogens is 4. The van der Waals surface area contributed by atoms with Gasteiger partial charge in [-0.2, -0.15) is 17.6 Å². The molecule has 20 heavy (non-hydrogen) atoms. The van der Waals surface area contributed by atoms with Gasteiger partial charge in [0, 0.05) is 16.8 Å². The fourth-order valence-electron chi connectivity index (χ4n) is 1.10. The van der Waals surface area contributed by atoms with Gasteiger partial charge in [-0.25, -0.2) is 8.42 Å². The summed E-state index contributed by atoms with van der Waals surface area (Å²) in [4.78, 5) is 0. The van der Waals surface area contributed by atoms with Gasteiger partial charge in [-0.1, -0.05) is 11.6 Å². The molecular weight excluding hydrogens is 315 g/mol. The van der Waals surface area contributed by atoms with E-state index in [1.54, 1.807) is 0 Å². The molecule has 1 aromatic carbocycles. The van der Waals surface area contributed by atoms with Crippen molar-refractivity contribution in [2.45, 2.75) is 31.7 Å². The molecule has 0 saturated heterocycles. The molecule has 0 unspecified atom stereocenters. The summed E-state index contributed by atoms with van der Waals surface area (Å²) in [6.45, 7) is 4.31. The Bertz CT molecular complexity index is 631. The molecule has 1 rings (SSSR count). The highest BCUT2D eigenvalue weighted by Gasteiger charge is 2.31. The van der Waals surface area contributed by atoms with Gasteiger partial charge < -0.3 is 0 Å². The smallest absolute Gasteiger partial charge is 0.204 e. The predicted octanol–water partition coefficient (Wildman–Crippen LogP) is 3.91. The second-order valence-electron chi connectivity index (χ2n) is 5.06. The minimum Gasteiger partial charge on any atom is -0.204 e. The average Bonchev–Trinajstić information content (AvgIpc) is 2.24. The van der Waals surface area contributed by atoms with E-state index in [0.717, 1.165) is 24.4 Å². The normalized spacial score (nSPS) is 13.9. The molecule has 0 amide bonds. The van der Waals surface area contributed by atoms with E-state index in [0.29, 0.717) is 0 Å². The van der Waals surface area contributed by atoms with Crippen molar-refractivity contribution in [2.24, 2.45) is 4.40 Å². The minimum absolute atomic E-state index is 0.00846. The molecule has 112 valence electrons. The number of hydrogen-bond acceptors (Lipinski definition) is 2. The molecule has 0 fully saturated rings. The van der Waals surface area contributed by atoms with E-state index in [-0.39, 0.29) is 10.6 Å². The van der Waals surface area contributed by atoms with Crippen LogP contribution in [0.3, 0.4) is 0 Å². The fraction of sp³-hybridized carbons (Fsp3) is 0.417. The van der Waals surface area contributed by atoms with E-state index < -0.39 is 26.5 Å². The monoisotopic (exact) mass is 327 g/mol. The lowest BCUT2D eigenvalue weighted by Gasteiger charge is -2.14. The van der Waals surface area contributed by atoms with Crippen LogP contribution in [0.2, 0.25) is 5.02 Å². The largest absolute Gasteiger partial charge is 0.416 e. The second kappa shape index (κ2) is 5.37. The third-order valence-electron chi connectivity index (χ3n) is 2.43. The lowest BCUT2D eigenvalue weighted by molar-refractivity contribution is -0.137. The molecule has 3 nitrogen and oxygen atoms in total. The van der Waals surface area contributed by atoms with E-state index in [4.69, 9.17) is 11.6 Å². The zero-order valence-corrected chi connectivity index (χ0v) is 12.6. The van der Waals surface area contributed by atoms with Crippen LogP contribution in [0.1, 0.15) is 31.9 Å². The van der Waals surface area contributed by atoms with E-state index in [2.05, 4.69) is 4.40 Å². The zero-order chi connectivity index (χ0) is 15.8. The highest BCUT2D eigenvalue weighted by atomic mass is 35.5. The molecule has 0 aliphatic rings. The van der Waals surface area contributed by atoms with Crippen LogP contribution in [0.4, 0.5) is 13.2 Å². The topological polar surface area (TPSA) is 46.5 Å². The van der Waals surface area contributed by atoms with Crippen molar-refractivity contribution >= 4 is 27.8 Å². The number of sulfonamides is 1. The SMILES string of the molecule is CC(C)(C)S(=O)(=O)/N=C\c1cc(C(F)(F)F)ccc1Cl. The molecule has 0 radical (unpaired) electrons. The first-order chi connectivity index (χ1) is 8.84. The number of rotatable bonds is 2. The first kappa shape index (κ1) is 17.0. The van der Waals surface area contributed by atoms with E-state index >= 15 is 0 Å². The van der Waals surface area contributed by atoms with Crippen molar-refractivity contribution in [3.05, 3.63) is 34.3 Å². The Kier molecular flexibility index (Phi) is 4.55. The van der Waals surface area contributed by atoms with Gasteiger partial charge in [-0.05, 0) is 39.0 Å². The molecule has 0 aliphatic heterocycles. The van der Waals surface area contributed by atoms with Crippen LogP contribution >= 0.6 is 11.6 Å². The molecule has 0 aliphatic carbocycles. The van der Waals surface area contributed by atoms with Gasteiger partial charge in [-0.3, -0.25) is 0 Å². The van der Waals surface area contributed by atoms with Gasteiger partial charge in [0.1, 0.15) is 0 Å². The summed E-state index contributed by atoms with van der Waals surface area (Å²) < 4.78 is 63.4. The highest BCUT2D eigenvalue weighted by molar-refractivity contribution is 7.91. The van der Waals surface area contributed by atoms with Crippen molar-refractivity contribution < 1.29 is 21.6 Å². The molecule has 0 atom stereocenters. The number of nitrogens with zero attached hydrogens (tertiary/aromatic N) is 1. The van der Waals surface area contributed by atoms with Crippen LogP contribution in [0.5, 0.6) is 0 Å². The van der Waals surface area contributed by atoms with Crippen LogP contribution in [0.25, 0.3) is 0 Å². The first-order valence-corrected chi connectivity index (χ1v) is 7.33. The third-order valence-corrected chi connectivity index (χ3v) is 4.70. The Morgan fingerprint density at radius 1 is 1.20 bits per heavy atom. The zero-order valence-electron chi connectivity index (χ0n) is 11.0. The summed E-state index contributed by atoms with van der Waals surface area (Å²) in [7, 11) is -3.83. The summed E-state index contributed by atoms with van der Waals surface area (Å²) in [5.41, 5.74) is -1.02. The molecule has 0 bridgehead atoms. The van der Waals surface area contributed by atoms with Crippen molar-refractivity contribution in [3.63, 3.8) is 0 Å². The summed E-state index contributed by atoms with van der Waals surface area (Å²) >= 11 is 5.74. The molecule has 0 heterocycles. The standard InChI is InChI=1S/C12H13ClF3NO2S/c1-11(2,3)20(18,19)17-7-8-6-9(12(14,15)16)4-5-10(8)13/h4-7H,1-3H3/b17-7-. The molecule has 0 spiro atoms. The molecular formula is C12H13ClF3NO2S. The van der Waals surface area contributed by atoms with Gasteiger partial charge >= 0.3 is 6.18 Å².